The lowest BCUT2D eigenvalue weighted by atomic mass is 10.2. The van der Waals surface area contributed by atoms with E-state index < -0.39 is 0 Å². The van der Waals surface area contributed by atoms with Crippen molar-refractivity contribution < 1.29 is 23.8 Å². The fourth-order valence-electron chi connectivity index (χ4n) is 2.07. The molecule has 0 aliphatic carbocycles. The zero-order valence-corrected chi connectivity index (χ0v) is 12.6. The smallest absolute Gasteiger partial charge is 0.259 e. The normalized spacial score (nSPS) is 12.1. The van der Waals surface area contributed by atoms with Crippen molar-refractivity contribution in [3.05, 3.63) is 52.8 Å². The molecule has 2 aromatic rings. The lowest BCUT2D eigenvalue weighted by Gasteiger charge is -2.06. The number of ether oxygens (including phenoxy) is 2. The number of rotatable bonds is 4. The van der Waals surface area contributed by atoms with Crippen LogP contribution in [-0.4, -0.2) is 19.8 Å². The molecule has 1 aromatic heterocycles. The molecule has 3 rings (SSSR count). The average Bonchev–Trinajstić information content (AvgIpc) is 3.00. The van der Waals surface area contributed by atoms with Crippen LogP contribution in [0.15, 0.2) is 36.7 Å². The number of nitrogens with one attached hydrogen (secondary N) is 1. The van der Waals surface area contributed by atoms with Crippen LogP contribution >= 0.6 is 11.6 Å². The van der Waals surface area contributed by atoms with Gasteiger partial charge in [0.2, 0.25) is 19.2 Å². The van der Waals surface area contributed by atoms with Crippen LogP contribution < -0.4 is 24.4 Å². The molecule has 1 aliphatic heterocycles. The van der Waals surface area contributed by atoms with Crippen molar-refractivity contribution in [2.75, 3.05) is 13.9 Å². The van der Waals surface area contributed by atoms with Gasteiger partial charge in [-0.05, 0) is 17.7 Å². The van der Waals surface area contributed by atoms with Gasteiger partial charge in [0.1, 0.15) is 12.7 Å². The van der Waals surface area contributed by atoms with Gasteiger partial charge >= 0.3 is 0 Å². The minimum Gasteiger partial charge on any atom is -0.454 e. The molecule has 6 nitrogen and oxygen atoms in total. The van der Waals surface area contributed by atoms with E-state index in [2.05, 4.69) is 5.32 Å². The van der Waals surface area contributed by atoms with E-state index in [-0.39, 0.29) is 12.7 Å². The topological polar surface area (TPSA) is 60.7 Å². The van der Waals surface area contributed by atoms with Crippen LogP contribution in [0.25, 0.3) is 0 Å². The van der Waals surface area contributed by atoms with Crippen molar-refractivity contribution in [1.29, 1.82) is 0 Å². The summed E-state index contributed by atoms with van der Waals surface area (Å²) in [5, 5.41) is 3.17. The Kier molecular flexibility index (Phi) is 4.02. The second-order valence-electron chi connectivity index (χ2n) is 4.62. The van der Waals surface area contributed by atoms with E-state index in [1.165, 1.54) is 18.0 Å². The molecule has 0 radical (unpaired) electrons. The number of pyridine rings is 1. The molecule has 2 heterocycles. The van der Waals surface area contributed by atoms with Crippen molar-refractivity contribution in [3.63, 3.8) is 0 Å². The third-order valence-electron chi connectivity index (χ3n) is 3.23. The number of fused-ring (bicyclic) bond motifs is 1. The van der Waals surface area contributed by atoms with E-state index in [9.17, 15) is 4.79 Å². The Morgan fingerprint density at radius 3 is 3.00 bits per heavy atom. The predicted octanol–water partition coefficient (Wildman–Crippen LogP) is 1.34. The van der Waals surface area contributed by atoms with E-state index in [1.54, 1.807) is 12.3 Å². The molecule has 0 fully saturated rings. The summed E-state index contributed by atoms with van der Waals surface area (Å²) in [7, 11) is 1.50. The fourth-order valence-corrected chi connectivity index (χ4v) is 2.26. The van der Waals surface area contributed by atoms with E-state index in [0.29, 0.717) is 28.6 Å². The lowest BCUT2D eigenvalue weighted by Crippen LogP contribution is -2.41. The highest BCUT2D eigenvalue weighted by molar-refractivity contribution is 6.33. The molecule has 0 spiro atoms. The number of hydrogen-bond acceptors (Lipinski definition) is 4. The number of carbonyl (C=O) groups excluding carboxylic acids is 1. The van der Waals surface area contributed by atoms with Crippen LogP contribution in [0.1, 0.15) is 15.9 Å². The van der Waals surface area contributed by atoms with Crippen molar-refractivity contribution >= 4 is 17.5 Å². The molecule has 0 saturated heterocycles. The second-order valence-corrected chi connectivity index (χ2v) is 5.03. The van der Waals surface area contributed by atoms with Gasteiger partial charge in [-0.1, -0.05) is 17.7 Å². The maximum atomic E-state index is 12.2. The van der Waals surface area contributed by atoms with Gasteiger partial charge < -0.3 is 14.8 Å². The maximum Gasteiger partial charge on any atom is 0.259 e. The highest BCUT2D eigenvalue weighted by atomic mass is 35.5. The van der Waals surface area contributed by atoms with Crippen molar-refractivity contribution in [2.24, 2.45) is 0 Å². The summed E-state index contributed by atoms with van der Waals surface area (Å²) in [5.41, 5.74) is 1.25. The summed E-state index contributed by atoms with van der Waals surface area (Å²) >= 11 is 6.04. The third kappa shape index (κ3) is 2.92. The molecule has 0 unspecified atom stereocenters. The molecule has 1 aliphatic rings. The van der Waals surface area contributed by atoms with Crippen molar-refractivity contribution in [3.8, 4) is 11.5 Å². The molecule has 7 heteroatoms. The first kappa shape index (κ1) is 14.5. The molecule has 0 saturated carbocycles. The first-order valence-electron chi connectivity index (χ1n) is 6.59. The molecule has 1 aromatic carbocycles. The van der Waals surface area contributed by atoms with Crippen LogP contribution in [0.5, 0.6) is 11.5 Å². The van der Waals surface area contributed by atoms with E-state index in [1.807, 2.05) is 18.2 Å². The molecule has 0 bridgehead atoms. The number of amides is 1. The van der Waals surface area contributed by atoms with Crippen LogP contribution in [0.2, 0.25) is 5.02 Å². The first-order chi connectivity index (χ1) is 10.7. The van der Waals surface area contributed by atoms with Crippen molar-refractivity contribution in [2.45, 2.75) is 6.54 Å². The van der Waals surface area contributed by atoms with Crippen molar-refractivity contribution in [1.82, 2.24) is 5.32 Å². The number of nitrogens with zero attached hydrogens (tertiary/aromatic N) is 1. The Bertz CT molecular complexity index is 721. The summed E-state index contributed by atoms with van der Waals surface area (Å²) < 4.78 is 12.0. The zero-order chi connectivity index (χ0) is 15.5. The van der Waals surface area contributed by atoms with Crippen LogP contribution in [0, 0.1) is 0 Å². The van der Waals surface area contributed by atoms with E-state index in [0.717, 1.165) is 5.56 Å². The predicted molar refractivity (Wildman–Crippen MR) is 77.9 cm³/mol. The largest absolute Gasteiger partial charge is 0.454 e. The summed E-state index contributed by atoms with van der Waals surface area (Å²) in [4.78, 5) is 17.2. The fraction of sp³-hybridized carbons (Fsp3) is 0.200. The van der Waals surface area contributed by atoms with Gasteiger partial charge in [0, 0.05) is 17.3 Å². The molecular formula is C15H14ClN2O4+. The Morgan fingerprint density at radius 2 is 2.18 bits per heavy atom. The summed E-state index contributed by atoms with van der Waals surface area (Å²) in [6.45, 7) is 0.579. The minimum absolute atomic E-state index is 0.224. The number of benzene rings is 1. The van der Waals surface area contributed by atoms with Gasteiger partial charge in [0.15, 0.2) is 11.5 Å². The monoisotopic (exact) mass is 321 g/mol. The Balaban J connectivity index is 1.70. The van der Waals surface area contributed by atoms with Crippen LogP contribution in [0.3, 0.4) is 0 Å². The number of halogens is 1. The molecule has 22 heavy (non-hydrogen) atoms. The third-order valence-corrected chi connectivity index (χ3v) is 3.56. The van der Waals surface area contributed by atoms with Gasteiger partial charge in [0.25, 0.3) is 5.91 Å². The quantitative estimate of drug-likeness (QED) is 0.864. The molecule has 0 atom stereocenters. The Morgan fingerprint density at radius 1 is 1.36 bits per heavy atom. The highest BCUT2D eigenvalue weighted by Gasteiger charge is 2.17. The molecule has 114 valence electrons. The summed E-state index contributed by atoms with van der Waals surface area (Å²) in [6.07, 6.45) is 3.15. The van der Waals surface area contributed by atoms with Gasteiger partial charge in [-0.3, -0.25) is 9.63 Å². The zero-order valence-electron chi connectivity index (χ0n) is 11.8. The van der Waals surface area contributed by atoms with Gasteiger partial charge in [-0.25, -0.2) is 0 Å². The first-order valence-corrected chi connectivity index (χ1v) is 6.97. The maximum absolute atomic E-state index is 12.2. The number of carbonyl (C=O) groups is 1. The SMILES string of the molecule is CO[n+]1ccc(Cl)c(C(=O)NCc2ccc3c(c2)OCO3)c1. The standard InChI is InChI=1S/C15H13ClN2O4/c1-20-18-5-4-12(16)11(8-18)15(19)17-7-10-2-3-13-14(6-10)22-9-21-13/h2-6,8H,7,9H2,1H3/p+1. The second kappa shape index (κ2) is 6.11. The van der Waals surface area contributed by atoms with Crippen LogP contribution in [0.4, 0.5) is 0 Å². The van der Waals surface area contributed by atoms with Gasteiger partial charge in [-0.15, -0.1) is 0 Å². The minimum atomic E-state index is -0.283. The molecular weight excluding hydrogens is 308 g/mol. The van der Waals surface area contributed by atoms with E-state index >= 15 is 0 Å². The molecule has 1 N–H and O–H groups in total. The Labute approximate surface area is 132 Å². The molecule has 1 amide bonds. The summed E-state index contributed by atoms with van der Waals surface area (Å²) in [6, 6.07) is 7.12. The van der Waals surface area contributed by atoms with Gasteiger partial charge in [-0.2, -0.15) is 0 Å². The average molecular weight is 322 g/mol. The van der Waals surface area contributed by atoms with E-state index in [4.69, 9.17) is 25.9 Å². The number of hydrogen-bond donors (Lipinski definition) is 1. The summed E-state index contributed by atoms with van der Waals surface area (Å²) in [5.74, 6) is 1.11. The lowest BCUT2D eigenvalue weighted by molar-refractivity contribution is -0.885. The highest BCUT2D eigenvalue weighted by Crippen LogP contribution is 2.32. The van der Waals surface area contributed by atoms with Gasteiger partial charge in [0.05, 0.1) is 5.02 Å². The Hall–Kier alpha value is -2.47. The van der Waals surface area contributed by atoms with Crippen LogP contribution in [-0.2, 0) is 6.54 Å². The number of aromatic nitrogens is 1.